The van der Waals surface area contributed by atoms with Gasteiger partial charge in [-0.2, -0.15) is 10.1 Å². The van der Waals surface area contributed by atoms with Gasteiger partial charge in [0.25, 0.3) is 0 Å². The van der Waals surface area contributed by atoms with Gasteiger partial charge in [0.05, 0.1) is 20.4 Å². The van der Waals surface area contributed by atoms with Gasteiger partial charge in [0.1, 0.15) is 11.5 Å². The van der Waals surface area contributed by atoms with Gasteiger partial charge in [0.15, 0.2) is 5.82 Å². The monoisotopic (exact) mass is 365 g/mol. The highest BCUT2D eigenvalue weighted by atomic mass is 16.5. The van der Waals surface area contributed by atoms with E-state index in [1.807, 2.05) is 42.5 Å². The molecule has 0 aliphatic carbocycles. The van der Waals surface area contributed by atoms with Crippen molar-refractivity contribution in [1.82, 2.24) is 15.2 Å². The summed E-state index contributed by atoms with van der Waals surface area (Å²) < 4.78 is 10.4. The van der Waals surface area contributed by atoms with Crippen LogP contribution in [-0.2, 0) is 13.0 Å². The third-order valence-electron chi connectivity index (χ3n) is 4.02. The first kappa shape index (κ1) is 18.4. The van der Waals surface area contributed by atoms with E-state index in [0.29, 0.717) is 18.3 Å². The van der Waals surface area contributed by atoms with Crippen LogP contribution in [-0.4, -0.2) is 35.9 Å². The number of nitrogens with one attached hydrogen (secondary N) is 2. The number of anilines is 2. The van der Waals surface area contributed by atoms with Crippen LogP contribution in [0.1, 0.15) is 11.1 Å². The van der Waals surface area contributed by atoms with Crippen molar-refractivity contribution in [2.75, 3.05) is 31.4 Å². The molecule has 0 saturated carbocycles. The predicted octanol–water partition coefficient (Wildman–Crippen LogP) is 3.16. The predicted molar refractivity (Wildman–Crippen MR) is 105 cm³/mol. The molecule has 7 heteroatoms. The molecule has 1 aromatic heterocycles. The molecule has 27 heavy (non-hydrogen) atoms. The van der Waals surface area contributed by atoms with Crippen LogP contribution in [0.2, 0.25) is 0 Å². The van der Waals surface area contributed by atoms with Crippen molar-refractivity contribution in [3.05, 3.63) is 65.9 Å². The van der Waals surface area contributed by atoms with Gasteiger partial charge in [0, 0.05) is 13.1 Å². The second-order valence-corrected chi connectivity index (χ2v) is 5.90. The zero-order valence-electron chi connectivity index (χ0n) is 15.5. The van der Waals surface area contributed by atoms with Crippen molar-refractivity contribution in [2.24, 2.45) is 0 Å². The first-order chi connectivity index (χ1) is 13.3. The Morgan fingerprint density at radius 3 is 2.48 bits per heavy atom. The van der Waals surface area contributed by atoms with Crippen molar-refractivity contribution in [2.45, 2.75) is 13.0 Å². The average molecular weight is 365 g/mol. The lowest BCUT2D eigenvalue weighted by molar-refractivity contribution is 0.414. The summed E-state index contributed by atoms with van der Waals surface area (Å²) >= 11 is 0. The van der Waals surface area contributed by atoms with E-state index in [-0.39, 0.29) is 0 Å². The molecule has 2 aromatic carbocycles. The van der Waals surface area contributed by atoms with E-state index in [9.17, 15) is 0 Å². The van der Waals surface area contributed by atoms with Crippen LogP contribution in [0.15, 0.2) is 54.7 Å². The second-order valence-electron chi connectivity index (χ2n) is 5.90. The molecule has 0 aliphatic heterocycles. The third-order valence-corrected chi connectivity index (χ3v) is 4.02. The number of aromatic nitrogens is 3. The van der Waals surface area contributed by atoms with Crippen LogP contribution in [0.4, 0.5) is 11.8 Å². The normalized spacial score (nSPS) is 10.3. The van der Waals surface area contributed by atoms with Gasteiger partial charge < -0.3 is 20.1 Å². The summed E-state index contributed by atoms with van der Waals surface area (Å²) in [5.41, 5.74) is 2.30. The minimum absolute atomic E-state index is 0.484. The van der Waals surface area contributed by atoms with Gasteiger partial charge in [-0.25, -0.2) is 0 Å². The number of nitrogens with zero attached hydrogens (tertiary/aromatic N) is 3. The van der Waals surface area contributed by atoms with Gasteiger partial charge in [-0.1, -0.05) is 24.3 Å². The molecule has 0 radical (unpaired) electrons. The number of ether oxygens (including phenoxy) is 2. The Labute approximate surface area is 158 Å². The van der Waals surface area contributed by atoms with Gasteiger partial charge in [-0.15, -0.1) is 5.10 Å². The van der Waals surface area contributed by atoms with Crippen LogP contribution in [0, 0.1) is 0 Å². The molecule has 1 heterocycles. The van der Waals surface area contributed by atoms with E-state index in [4.69, 9.17) is 9.47 Å². The van der Waals surface area contributed by atoms with E-state index < -0.39 is 0 Å². The fourth-order valence-corrected chi connectivity index (χ4v) is 2.55. The number of methoxy groups -OCH3 is 2. The molecular weight excluding hydrogens is 342 g/mol. The van der Waals surface area contributed by atoms with E-state index in [2.05, 4.69) is 31.9 Å². The average Bonchev–Trinajstić information content (AvgIpc) is 2.73. The van der Waals surface area contributed by atoms with E-state index in [1.165, 1.54) is 5.56 Å². The van der Waals surface area contributed by atoms with Crippen molar-refractivity contribution in [3.63, 3.8) is 0 Å². The second kappa shape index (κ2) is 9.38. The van der Waals surface area contributed by atoms with E-state index >= 15 is 0 Å². The topological polar surface area (TPSA) is 81.2 Å². The molecule has 0 amide bonds. The highest BCUT2D eigenvalue weighted by Gasteiger charge is 2.02. The minimum Gasteiger partial charge on any atom is -0.497 e. The van der Waals surface area contributed by atoms with Gasteiger partial charge in [-0.05, 0) is 41.8 Å². The highest BCUT2D eigenvalue weighted by Crippen LogP contribution is 2.14. The van der Waals surface area contributed by atoms with Crippen molar-refractivity contribution < 1.29 is 9.47 Å². The molecule has 140 valence electrons. The van der Waals surface area contributed by atoms with Crippen LogP contribution >= 0.6 is 0 Å². The van der Waals surface area contributed by atoms with Crippen molar-refractivity contribution in [1.29, 1.82) is 0 Å². The minimum atomic E-state index is 0.484. The Bertz CT molecular complexity index is 855. The zero-order chi connectivity index (χ0) is 18.9. The first-order valence-electron chi connectivity index (χ1n) is 8.70. The van der Waals surface area contributed by atoms with Crippen LogP contribution < -0.4 is 20.1 Å². The van der Waals surface area contributed by atoms with E-state index in [1.54, 1.807) is 20.4 Å². The Hall–Kier alpha value is -3.35. The number of rotatable bonds is 9. The lowest BCUT2D eigenvalue weighted by Crippen LogP contribution is -2.10. The quantitative estimate of drug-likeness (QED) is 0.603. The Morgan fingerprint density at radius 2 is 1.70 bits per heavy atom. The van der Waals surface area contributed by atoms with Crippen LogP contribution in [0.3, 0.4) is 0 Å². The number of hydrogen-bond acceptors (Lipinski definition) is 7. The maximum atomic E-state index is 5.25. The fraction of sp³-hybridized carbons (Fsp3) is 0.250. The molecule has 2 N–H and O–H groups in total. The summed E-state index contributed by atoms with van der Waals surface area (Å²) in [5, 5.41) is 14.5. The molecule has 3 rings (SSSR count). The first-order valence-corrected chi connectivity index (χ1v) is 8.70. The number of hydrogen-bond donors (Lipinski definition) is 2. The standard InChI is InChI=1S/C20H23N5O2/c1-26-17-8-6-16(7-9-17)13-22-20-24-19(14-23-25-20)21-11-10-15-4-3-5-18(12-15)27-2/h3-9,12,14H,10-11,13H2,1-2H3,(H2,21,22,24,25). The van der Waals surface area contributed by atoms with Gasteiger partial charge >= 0.3 is 0 Å². The maximum absolute atomic E-state index is 5.25. The van der Waals surface area contributed by atoms with Crippen LogP contribution in [0.25, 0.3) is 0 Å². The molecule has 0 bridgehead atoms. The van der Waals surface area contributed by atoms with Crippen LogP contribution in [0.5, 0.6) is 11.5 Å². The zero-order valence-corrected chi connectivity index (χ0v) is 15.5. The molecule has 0 spiro atoms. The lowest BCUT2D eigenvalue weighted by Gasteiger charge is -2.09. The Morgan fingerprint density at radius 1 is 0.889 bits per heavy atom. The molecule has 0 atom stereocenters. The maximum Gasteiger partial charge on any atom is 0.244 e. The summed E-state index contributed by atoms with van der Waals surface area (Å²) in [6.45, 7) is 1.35. The van der Waals surface area contributed by atoms with Crippen molar-refractivity contribution in [3.8, 4) is 11.5 Å². The Kier molecular flexibility index (Phi) is 6.40. The smallest absolute Gasteiger partial charge is 0.244 e. The molecule has 3 aromatic rings. The lowest BCUT2D eigenvalue weighted by atomic mass is 10.1. The fourth-order valence-electron chi connectivity index (χ4n) is 2.55. The van der Waals surface area contributed by atoms with Gasteiger partial charge in [-0.3, -0.25) is 0 Å². The molecule has 0 unspecified atom stereocenters. The summed E-state index contributed by atoms with van der Waals surface area (Å²) in [6, 6.07) is 15.9. The molecular formula is C20H23N5O2. The largest absolute Gasteiger partial charge is 0.497 e. The highest BCUT2D eigenvalue weighted by molar-refractivity contribution is 5.38. The van der Waals surface area contributed by atoms with Gasteiger partial charge in [0.2, 0.25) is 5.95 Å². The third kappa shape index (κ3) is 5.57. The van der Waals surface area contributed by atoms with E-state index in [0.717, 1.165) is 30.0 Å². The summed E-state index contributed by atoms with van der Waals surface area (Å²) in [4.78, 5) is 4.44. The molecule has 0 fully saturated rings. The SMILES string of the molecule is COc1ccc(CNc2nncc(NCCc3cccc(OC)c3)n2)cc1. The molecule has 0 saturated heterocycles. The molecule has 0 aliphatic rings. The van der Waals surface area contributed by atoms with Crippen molar-refractivity contribution >= 4 is 11.8 Å². The Balaban J connectivity index is 1.50. The molecule has 7 nitrogen and oxygen atoms in total. The number of benzene rings is 2. The summed E-state index contributed by atoms with van der Waals surface area (Å²) in [6.07, 6.45) is 2.47. The summed E-state index contributed by atoms with van der Waals surface area (Å²) in [7, 11) is 3.32. The summed E-state index contributed by atoms with van der Waals surface area (Å²) in [5.74, 6) is 2.86.